The summed E-state index contributed by atoms with van der Waals surface area (Å²) in [5, 5.41) is 6.88. The number of hydrogen-bond acceptors (Lipinski definition) is 4. The van der Waals surface area contributed by atoms with Crippen molar-refractivity contribution in [3.63, 3.8) is 0 Å². The number of amides is 2. The van der Waals surface area contributed by atoms with E-state index in [9.17, 15) is 9.59 Å². The van der Waals surface area contributed by atoms with Crippen LogP contribution in [-0.4, -0.2) is 23.3 Å². The molecule has 0 bridgehead atoms. The summed E-state index contributed by atoms with van der Waals surface area (Å²) < 4.78 is 0. The maximum absolute atomic E-state index is 12.1. The summed E-state index contributed by atoms with van der Waals surface area (Å²) in [5.41, 5.74) is 3.71. The van der Waals surface area contributed by atoms with Crippen molar-refractivity contribution < 1.29 is 9.59 Å². The standard InChI is InChI=1S/C22H22ClN3O2S/c1-3-15-4-10-18(11-5-15)26-21(28)20(27)24-13-12-19-14(2)25-22(29-19)16-6-8-17(23)9-7-16/h4-11H,3,12-13H2,1-2H3,(H,24,27)(H,26,28). The summed E-state index contributed by atoms with van der Waals surface area (Å²) >= 11 is 7.51. The summed E-state index contributed by atoms with van der Waals surface area (Å²) in [4.78, 5) is 29.8. The van der Waals surface area contributed by atoms with Crippen LogP contribution >= 0.6 is 22.9 Å². The molecule has 1 aromatic heterocycles. The van der Waals surface area contributed by atoms with Crippen LogP contribution in [-0.2, 0) is 22.4 Å². The molecule has 0 aliphatic rings. The fourth-order valence-corrected chi connectivity index (χ4v) is 3.95. The van der Waals surface area contributed by atoms with Crippen LogP contribution in [0.15, 0.2) is 48.5 Å². The SMILES string of the molecule is CCc1ccc(NC(=O)C(=O)NCCc2sc(-c3ccc(Cl)cc3)nc2C)cc1. The number of benzene rings is 2. The lowest BCUT2D eigenvalue weighted by atomic mass is 10.1. The zero-order valence-corrected chi connectivity index (χ0v) is 17.9. The second-order valence-corrected chi connectivity index (χ2v) is 8.07. The summed E-state index contributed by atoms with van der Waals surface area (Å²) in [5.74, 6) is -1.32. The van der Waals surface area contributed by atoms with E-state index in [2.05, 4.69) is 22.5 Å². The molecular weight excluding hydrogens is 406 g/mol. The first-order valence-corrected chi connectivity index (χ1v) is 10.6. The molecule has 150 valence electrons. The van der Waals surface area contributed by atoms with Crippen LogP contribution in [0.3, 0.4) is 0 Å². The first-order chi connectivity index (χ1) is 14.0. The van der Waals surface area contributed by atoms with Gasteiger partial charge in [0.15, 0.2) is 0 Å². The molecule has 0 radical (unpaired) electrons. The van der Waals surface area contributed by atoms with Crippen LogP contribution in [0.4, 0.5) is 5.69 Å². The minimum atomic E-state index is -0.669. The second-order valence-electron chi connectivity index (χ2n) is 6.54. The Bertz CT molecular complexity index is 998. The van der Waals surface area contributed by atoms with E-state index in [0.29, 0.717) is 23.7 Å². The number of carbonyl (C=O) groups is 2. The lowest BCUT2D eigenvalue weighted by molar-refractivity contribution is -0.136. The van der Waals surface area contributed by atoms with Gasteiger partial charge in [0.1, 0.15) is 5.01 Å². The Labute approximate surface area is 179 Å². The molecule has 5 nitrogen and oxygen atoms in total. The molecule has 0 aliphatic heterocycles. The van der Waals surface area contributed by atoms with Crippen molar-refractivity contribution in [3.05, 3.63) is 69.7 Å². The lowest BCUT2D eigenvalue weighted by Gasteiger charge is -2.07. The van der Waals surface area contributed by atoms with Gasteiger partial charge in [-0.1, -0.05) is 42.8 Å². The van der Waals surface area contributed by atoms with Crippen molar-refractivity contribution >= 4 is 40.4 Å². The zero-order valence-electron chi connectivity index (χ0n) is 16.3. The van der Waals surface area contributed by atoms with E-state index < -0.39 is 11.8 Å². The number of carbonyl (C=O) groups excluding carboxylic acids is 2. The highest BCUT2D eigenvalue weighted by atomic mass is 35.5. The highest BCUT2D eigenvalue weighted by molar-refractivity contribution is 7.15. The molecule has 2 amide bonds. The first kappa shape index (κ1) is 21.0. The van der Waals surface area contributed by atoms with Crippen LogP contribution in [0, 0.1) is 6.92 Å². The van der Waals surface area contributed by atoms with Gasteiger partial charge in [-0.15, -0.1) is 11.3 Å². The number of hydrogen-bond donors (Lipinski definition) is 2. The van der Waals surface area contributed by atoms with E-state index in [0.717, 1.165) is 27.6 Å². The number of nitrogens with one attached hydrogen (secondary N) is 2. The maximum Gasteiger partial charge on any atom is 0.313 e. The number of halogens is 1. The fraction of sp³-hybridized carbons (Fsp3) is 0.227. The normalized spacial score (nSPS) is 10.6. The van der Waals surface area contributed by atoms with Crippen molar-refractivity contribution in [2.45, 2.75) is 26.7 Å². The molecule has 0 atom stereocenters. The van der Waals surface area contributed by atoms with Gasteiger partial charge in [0.2, 0.25) is 0 Å². The molecule has 0 aliphatic carbocycles. The number of rotatable bonds is 6. The van der Waals surface area contributed by atoms with E-state index in [1.165, 1.54) is 5.56 Å². The minimum absolute atomic E-state index is 0.365. The Morgan fingerprint density at radius 2 is 1.72 bits per heavy atom. The highest BCUT2D eigenvalue weighted by Crippen LogP contribution is 2.28. The summed E-state index contributed by atoms with van der Waals surface area (Å²) in [7, 11) is 0. The van der Waals surface area contributed by atoms with Crippen LogP contribution in [0.2, 0.25) is 5.02 Å². The molecule has 0 spiro atoms. The van der Waals surface area contributed by atoms with Crippen molar-refractivity contribution in [2.24, 2.45) is 0 Å². The molecule has 29 heavy (non-hydrogen) atoms. The van der Waals surface area contributed by atoms with Gasteiger partial charge in [-0.25, -0.2) is 4.98 Å². The smallest absolute Gasteiger partial charge is 0.313 e. The molecule has 2 aromatic carbocycles. The molecular formula is C22H22ClN3O2S. The van der Waals surface area contributed by atoms with Crippen LogP contribution in [0.5, 0.6) is 0 Å². The average Bonchev–Trinajstić information content (AvgIpc) is 3.09. The Morgan fingerprint density at radius 3 is 2.38 bits per heavy atom. The maximum atomic E-state index is 12.1. The van der Waals surface area contributed by atoms with Crippen molar-refractivity contribution in [2.75, 3.05) is 11.9 Å². The Hall–Kier alpha value is -2.70. The Kier molecular flexibility index (Phi) is 7.01. The largest absolute Gasteiger partial charge is 0.347 e. The van der Waals surface area contributed by atoms with Crippen molar-refractivity contribution in [3.8, 4) is 10.6 Å². The van der Waals surface area contributed by atoms with E-state index in [-0.39, 0.29) is 0 Å². The van der Waals surface area contributed by atoms with Gasteiger partial charge in [0, 0.05) is 34.1 Å². The molecule has 1 heterocycles. The third kappa shape index (κ3) is 5.65. The van der Waals surface area contributed by atoms with Crippen LogP contribution < -0.4 is 10.6 Å². The van der Waals surface area contributed by atoms with Crippen LogP contribution in [0.25, 0.3) is 10.6 Å². The van der Waals surface area contributed by atoms with Gasteiger partial charge in [-0.2, -0.15) is 0 Å². The van der Waals surface area contributed by atoms with Crippen molar-refractivity contribution in [1.82, 2.24) is 10.3 Å². The predicted molar refractivity (Wildman–Crippen MR) is 118 cm³/mol. The monoisotopic (exact) mass is 427 g/mol. The first-order valence-electron chi connectivity index (χ1n) is 9.36. The highest BCUT2D eigenvalue weighted by Gasteiger charge is 2.14. The van der Waals surface area contributed by atoms with Gasteiger partial charge < -0.3 is 10.6 Å². The molecule has 2 N–H and O–H groups in total. The number of aryl methyl sites for hydroxylation is 2. The number of aromatic nitrogens is 1. The van der Waals surface area contributed by atoms with E-state index in [1.807, 2.05) is 43.3 Å². The Balaban J connectivity index is 1.51. The average molecular weight is 428 g/mol. The van der Waals surface area contributed by atoms with Gasteiger partial charge in [-0.3, -0.25) is 9.59 Å². The third-order valence-corrected chi connectivity index (χ3v) is 5.97. The number of nitrogens with zero attached hydrogens (tertiary/aromatic N) is 1. The van der Waals surface area contributed by atoms with Gasteiger partial charge in [0.25, 0.3) is 0 Å². The van der Waals surface area contributed by atoms with Gasteiger partial charge in [-0.05, 0) is 43.2 Å². The summed E-state index contributed by atoms with van der Waals surface area (Å²) in [6.45, 7) is 4.37. The molecule has 0 fully saturated rings. The minimum Gasteiger partial charge on any atom is -0.347 e. The topological polar surface area (TPSA) is 71.1 Å². The predicted octanol–water partition coefficient (Wildman–Crippen LogP) is 4.63. The van der Waals surface area contributed by atoms with E-state index in [4.69, 9.17) is 11.6 Å². The summed E-state index contributed by atoms with van der Waals surface area (Å²) in [6.07, 6.45) is 1.53. The summed E-state index contributed by atoms with van der Waals surface area (Å²) in [6, 6.07) is 15.0. The molecule has 3 aromatic rings. The number of anilines is 1. The molecule has 0 saturated carbocycles. The Morgan fingerprint density at radius 1 is 1.03 bits per heavy atom. The quantitative estimate of drug-likeness (QED) is 0.563. The van der Waals surface area contributed by atoms with E-state index >= 15 is 0 Å². The van der Waals surface area contributed by atoms with Gasteiger partial charge in [0.05, 0.1) is 5.69 Å². The molecule has 7 heteroatoms. The van der Waals surface area contributed by atoms with E-state index in [1.54, 1.807) is 23.5 Å². The zero-order chi connectivity index (χ0) is 20.8. The van der Waals surface area contributed by atoms with Gasteiger partial charge >= 0.3 is 11.8 Å². The molecule has 3 rings (SSSR count). The third-order valence-electron chi connectivity index (χ3n) is 4.45. The van der Waals surface area contributed by atoms with Crippen molar-refractivity contribution in [1.29, 1.82) is 0 Å². The number of thiazole rings is 1. The lowest BCUT2D eigenvalue weighted by Crippen LogP contribution is -2.36. The molecule has 0 unspecified atom stereocenters. The second kappa shape index (κ2) is 9.67. The molecule has 0 saturated heterocycles. The van der Waals surface area contributed by atoms with Crippen LogP contribution in [0.1, 0.15) is 23.1 Å². The fourth-order valence-electron chi connectivity index (χ4n) is 2.76.